The Kier molecular flexibility index (Phi) is 5.36. The summed E-state index contributed by atoms with van der Waals surface area (Å²) in [5, 5.41) is 2.84. The molecule has 0 fully saturated rings. The molecule has 116 valence electrons. The molecule has 5 nitrogen and oxygen atoms in total. The van der Waals surface area contributed by atoms with E-state index in [1.807, 2.05) is 37.3 Å². The molecule has 0 atom stereocenters. The molecule has 0 unspecified atom stereocenters. The molecule has 1 aromatic carbocycles. The minimum atomic E-state index is -0.115. The second-order valence-electron chi connectivity index (χ2n) is 5.19. The summed E-state index contributed by atoms with van der Waals surface area (Å²) in [6.07, 6.45) is 1.81. The van der Waals surface area contributed by atoms with E-state index in [0.29, 0.717) is 18.8 Å². The van der Waals surface area contributed by atoms with Gasteiger partial charge in [0.15, 0.2) is 0 Å². The second kappa shape index (κ2) is 7.45. The zero-order chi connectivity index (χ0) is 15.9. The van der Waals surface area contributed by atoms with Crippen LogP contribution in [-0.2, 0) is 16.1 Å². The Morgan fingerprint density at radius 2 is 2.05 bits per heavy atom. The maximum absolute atomic E-state index is 12.0. The van der Waals surface area contributed by atoms with E-state index in [2.05, 4.69) is 5.32 Å². The van der Waals surface area contributed by atoms with Gasteiger partial charge in [-0.2, -0.15) is 0 Å². The van der Waals surface area contributed by atoms with Crippen LogP contribution in [0.1, 0.15) is 24.7 Å². The molecule has 1 aromatic heterocycles. The number of hydrogen-bond donors (Lipinski definition) is 1. The van der Waals surface area contributed by atoms with Gasteiger partial charge in [0.1, 0.15) is 5.76 Å². The van der Waals surface area contributed by atoms with Gasteiger partial charge < -0.3 is 14.6 Å². The molecule has 0 saturated carbocycles. The number of nitrogens with zero attached hydrogens (tertiary/aromatic N) is 1. The van der Waals surface area contributed by atoms with Crippen molar-refractivity contribution >= 4 is 17.5 Å². The lowest BCUT2D eigenvalue weighted by atomic mass is 10.2. The summed E-state index contributed by atoms with van der Waals surface area (Å²) in [5.41, 5.74) is 1.85. The van der Waals surface area contributed by atoms with Crippen LogP contribution in [0.3, 0.4) is 0 Å². The first kappa shape index (κ1) is 15.8. The van der Waals surface area contributed by atoms with E-state index in [1.165, 1.54) is 6.92 Å². The van der Waals surface area contributed by atoms with Gasteiger partial charge in [-0.1, -0.05) is 12.1 Å². The third-order valence-corrected chi connectivity index (χ3v) is 3.28. The molecule has 0 aliphatic heterocycles. The number of amides is 2. The van der Waals surface area contributed by atoms with E-state index in [0.717, 1.165) is 11.3 Å². The first-order valence-corrected chi connectivity index (χ1v) is 7.19. The van der Waals surface area contributed by atoms with E-state index in [9.17, 15) is 9.59 Å². The molecule has 1 N–H and O–H groups in total. The molecular weight excluding hydrogens is 280 g/mol. The van der Waals surface area contributed by atoms with Gasteiger partial charge in [0.05, 0.1) is 12.8 Å². The highest BCUT2D eigenvalue weighted by Crippen LogP contribution is 2.11. The van der Waals surface area contributed by atoms with E-state index >= 15 is 0 Å². The number of nitrogens with one attached hydrogen (secondary N) is 1. The molecule has 2 rings (SSSR count). The Morgan fingerprint density at radius 3 is 2.68 bits per heavy atom. The van der Waals surface area contributed by atoms with Crippen LogP contribution < -0.4 is 5.32 Å². The Bertz CT molecular complexity index is 635. The number of rotatable bonds is 6. The largest absolute Gasteiger partial charge is 0.467 e. The molecule has 5 heteroatoms. The maximum atomic E-state index is 12.0. The van der Waals surface area contributed by atoms with Gasteiger partial charge in [-0.3, -0.25) is 9.59 Å². The quantitative estimate of drug-likeness (QED) is 0.892. The lowest BCUT2D eigenvalue weighted by Crippen LogP contribution is -2.31. The van der Waals surface area contributed by atoms with Crippen molar-refractivity contribution in [3.8, 4) is 0 Å². The number of benzene rings is 1. The summed E-state index contributed by atoms with van der Waals surface area (Å²) in [6, 6.07) is 11.2. The number of carbonyl (C=O) groups excluding carboxylic acids is 2. The van der Waals surface area contributed by atoms with Crippen LogP contribution in [0.25, 0.3) is 0 Å². The average Bonchev–Trinajstić information content (AvgIpc) is 2.96. The number of carbonyl (C=O) groups is 2. The molecule has 0 spiro atoms. The summed E-state index contributed by atoms with van der Waals surface area (Å²) in [6.45, 7) is 4.19. The smallest absolute Gasteiger partial charge is 0.226 e. The summed E-state index contributed by atoms with van der Waals surface area (Å²) in [4.78, 5) is 25.2. The highest BCUT2D eigenvalue weighted by molar-refractivity contribution is 5.91. The highest BCUT2D eigenvalue weighted by Gasteiger charge is 2.13. The fraction of sp³-hybridized carbons (Fsp3) is 0.294. The maximum Gasteiger partial charge on any atom is 0.226 e. The monoisotopic (exact) mass is 300 g/mol. The predicted molar refractivity (Wildman–Crippen MR) is 84.2 cm³/mol. The summed E-state index contributed by atoms with van der Waals surface area (Å²) >= 11 is 0. The molecule has 2 amide bonds. The van der Waals surface area contributed by atoms with Crippen molar-refractivity contribution in [2.45, 2.75) is 26.8 Å². The molecular formula is C17H20N2O3. The van der Waals surface area contributed by atoms with Gasteiger partial charge >= 0.3 is 0 Å². The van der Waals surface area contributed by atoms with E-state index in [1.54, 1.807) is 17.2 Å². The first-order chi connectivity index (χ1) is 10.5. The summed E-state index contributed by atoms with van der Waals surface area (Å²) in [5.74, 6) is 0.505. The Hall–Kier alpha value is -2.56. The number of furan rings is 1. The van der Waals surface area contributed by atoms with Gasteiger partial charge in [-0.25, -0.2) is 0 Å². The zero-order valence-electron chi connectivity index (χ0n) is 12.8. The minimum Gasteiger partial charge on any atom is -0.467 e. The molecule has 0 aliphatic carbocycles. The Balaban J connectivity index is 1.86. The van der Waals surface area contributed by atoms with Crippen molar-refractivity contribution in [1.82, 2.24) is 4.90 Å². The lowest BCUT2D eigenvalue weighted by molar-refractivity contribution is -0.130. The molecule has 22 heavy (non-hydrogen) atoms. The topological polar surface area (TPSA) is 62.6 Å². The standard InChI is InChI=1S/C17H20N2O3/c1-13-5-3-6-15(11-13)18-17(21)8-9-19(14(2)20)12-16-7-4-10-22-16/h3-7,10-11H,8-9,12H2,1-2H3,(H,18,21). The zero-order valence-corrected chi connectivity index (χ0v) is 12.8. The van der Waals surface area contributed by atoms with Crippen LogP contribution in [0.5, 0.6) is 0 Å². The van der Waals surface area contributed by atoms with Crippen molar-refractivity contribution in [3.63, 3.8) is 0 Å². The van der Waals surface area contributed by atoms with Crippen LogP contribution in [-0.4, -0.2) is 23.3 Å². The molecule has 0 aliphatic rings. The SMILES string of the molecule is CC(=O)N(CCC(=O)Nc1cccc(C)c1)Cc1ccco1. The van der Waals surface area contributed by atoms with Crippen molar-refractivity contribution in [2.75, 3.05) is 11.9 Å². The van der Waals surface area contributed by atoms with Crippen LogP contribution in [0.15, 0.2) is 47.1 Å². The minimum absolute atomic E-state index is 0.0836. The molecule has 0 saturated heterocycles. The first-order valence-electron chi connectivity index (χ1n) is 7.19. The highest BCUT2D eigenvalue weighted by atomic mass is 16.3. The normalized spacial score (nSPS) is 10.3. The van der Waals surface area contributed by atoms with Crippen LogP contribution >= 0.6 is 0 Å². The third kappa shape index (κ3) is 4.77. The summed E-state index contributed by atoms with van der Waals surface area (Å²) < 4.78 is 5.24. The number of anilines is 1. The Labute approximate surface area is 129 Å². The molecule has 0 bridgehead atoms. The van der Waals surface area contributed by atoms with Crippen molar-refractivity contribution in [1.29, 1.82) is 0 Å². The fourth-order valence-corrected chi connectivity index (χ4v) is 2.12. The Morgan fingerprint density at radius 1 is 1.23 bits per heavy atom. The van der Waals surface area contributed by atoms with E-state index in [4.69, 9.17) is 4.42 Å². The van der Waals surface area contributed by atoms with Crippen molar-refractivity contribution < 1.29 is 14.0 Å². The van der Waals surface area contributed by atoms with Gasteiger partial charge in [-0.15, -0.1) is 0 Å². The van der Waals surface area contributed by atoms with Crippen molar-refractivity contribution in [3.05, 3.63) is 54.0 Å². The predicted octanol–water partition coefficient (Wildman–Crippen LogP) is 2.97. The molecule has 1 heterocycles. The van der Waals surface area contributed by atoms with Crippen LogP contribution in [0, 0.1) is 6.92 Å². The van der Waals surface area contributed by atoms with Gasteiger partial charge in [-0.05, 0) is 36.8 Å². The van der Waals surface area contributed by atoms with Crippen LogP contribution in [0.4, 0.5) is 5.69 Å². The second-order valence-corrected chi connectivity index (χ2v) is 5.19. The molecule has 2 aromatic rings. The third-order valence-electron chi connectivity index (χ3n) is 3.28. The van der Waals surface area contributed by atoms with Gasteiger partial charge in [0.25, 0.3) is 0 Å². The number of aryl methyl sites for hydroxylation is 1. The lowest BCUT2D eigenvalue weighted by Gasteiger charge is -2.19. The molecule has 0 radical (unpaired) electrons. The van der Waals surface area contributed by atoms with Crippen molar-refractivity contribution in [2.24, 2.45) is 0 Å². The average molecular weight is 300 g/mol. The van der Waals surface area contributed by atoms with Gasteiger partial charge in [0, 0.05) is 25.6 Å². The van der Waals surface area contributed by atoms with Crippen LogP contribution in [0.2, 0.25) is 0 Å². The fourth-order valence-electron chi connectivity index (χ4n) is 2.12. The summed E-state index contributed by atoms with van der Waals surface area (Å²) in [7, 11) is 0. The number of hydrogen-bond acceptors (Lipinski definition) is 3. The van der Waals surface area contributed by atoms with E-state index < -0.39 is 0 Å². The van der Waals surface area contributed by atoms with E-state index in [-0.39, 0.29) is 18.2 Å². The van der Waals surface area contributed by atoms with Gasteiger partial charge in [0.2, 0.25) is 11.8 Å².